The van der Waals surface area contributed by atoms with Crippen LogP contribution in [0.1, 0.15) is 98.6 Å². The van der Waals surface area contributed by atoms with E-state index in [4.69, 9.17) is 5.32 Å². The zero-order chi connectivity index (χ0) is 37.1. The Balaban J connectivity index is 0.000000267. The first-order valence-electron chi connectivity index (χ1n) is 17.8. The molecule has 0 fully saturated rings. The van der Waals surface area contributed by atoms with Crippen molar-refractivity contribution >= 4 is 5.69 Å². The van der Waals surface area contributed by atoms with Gasteiger partial charge >= 0.3 is 26.2 Å². The second kappa shape index (κ2) is 23.2. The molecule has 1 atom stereocenters. The molecule has 1 unspecified atom stereocenters. The molecular weight excluding hydrogens is 712 g/mol. The van der Waals surface area contributed by atoms with Gasteiger partial charge in [-0.05, 0) is 35.1 Å². The molecule has 0 bridgehead atoms. The van der Waals surface area contributed by atoms with Crippen molar-refractivity contribution in [1.82, 2.24) is 4.98 Å². The third kappa shape index (κ3) is 15.5. The minimum Gasteiger partial charge on any atom is -0.674 e. The summed E-state index contributed by atoms with van der Waals surface area (Å²) in [6, 6.07) is 52.1. The molecule has 0 spiro atoms. The largest absolute Gasteiger partial charge is 3.00 e. The molecule has 267 valence electrons. The molecule has 0 aliphatic rings. The van der Waals surface area contributed by atoms with Crippen molar-refractivity contribution in [3.05, 3.63) is 222 Å². The van der Waals surface area contributed by atoms with Gasteiger partial charge in [0.25, 0.3) is 0 Å². The second-order valence-electron chi connectivity index (χ2n) is 13.6. The second-order valence-corrected chi connectivity index (χ2v) is 13.6. The van der Waals surface area contributed by atoms with Crippen LogP contribution in [0.5, 0.6) is 0 Å². The Morgan fingerprint density at radius 2 is 1.00 bits per heavy atom. The van der Waals surface area contributed by atoms with Crippen molar-refractivity contribution in [3.8, 4) is 0 Å². The quantitative estimate of drug-likeness (QED) is 0.157. The molecule has 1 aromatic heterocycles. The molecule has 0 amide bonds. The van der Waals surface area contributed by atoms with Crippen molar-refractivity contribution in [1.29, 1.82) is 0 Å². The maximum Gasteiger partial charge on any atom is 3.00 e. The van der Waals surface area contributed by atoms with Gasteiger partial charge in [0, 0.05) is 18.3 Å². The van der Waals surface area contributed by atoms with Crippen LogP contribution >= 0.6 is 0 Å². The number of nitrogens with zero attached hydrogens (tertiary/aromatic N) is 2. The average Bonchev–Trinajstić information content (AvgIpc) is 3.14. The fourth-order valence-electron chi connectivity index (χ4n) is 5.29. The number of hydrogen-bond donors (Lipinski definition) is 1. The summed E-state index contributed by atoms with van der Waals surface area (Å²) >= 11 is 0. The van der Waals surface area contributed by atoms with E-state index in [-0.39, 0.29) is 31.7 Å². The van der Waals surface area contributed by atoms with Gasteiger partial charge in [-0.1, -0.05) is 155 Å². The summed E-state index contributed by atoms with van der Waals surface area (Å²) in [5.41, 5.74) is 8.72. The number of aliphatic hydroxyl groups is 1. The van der Waals surface area contributed by atoms with Crippen LogP contribution in [0.15, 0.2) is 164 Å². The van der Waals surface area contributed by atoms with Gasteiger partial charge in [-0.15, -0.1) is 30.0 Å². The first-order chi connectivity index (χ1) is 24.5. The van der Waals surface area contributed by atoms with E-state index in [9.17, 15) is 5.11 Å². The molecule has 1 radical (unpaired) electrons. The molecule has 6 rings (SSSR count). The van der Waals surface area contributed by atoms with Crippen LogP contribution in [0.25, 0.3) is 5.32 Å². The van der Waals surface area contributed by atoms with Gasteiger partial charge in [-0.2, -0.15) is 49.2 Å². The number of benzene rings is 5. The van der Waals surface area contributed by atoms with E-state index in [0.717, 1.165) is 33.6 Å². The monoisotopic (exact) mass is 765 g/mol. The van der Waals surface area contributed by atoms with Crippen LogP contribution in [0, 0.1) is 13.8 Å². The van der Waals surface area contributed by atoms with Crippen LogP contribution in [0.2, 0.25) is 0 Å². The average molecular weight is 767 g/mol. The Kier molecular flexibility index (Phi) is 19.6. The van der Waals surface area contributed by atoms with E-state index in [1.54, 1.807) is 0 Å². The first-order valence-corrected chi connectivity index (χ1v) is 17.8. The van der Waals surface area contributed by atoms with Gasteiger partial charge in [0.15, 0.2) is 0 Å². The Hall–Kier alpha value is -4.37. The summed E-state index contributed by atoms with van der Waals surface area (Å²) in [5.74, 6) is 0.911. The molecule has 6 aromatic rings. The van der Waals surface area contributed by atoms with Gasteiger partial charge in [0.05, 0.1) is 6.10 Å². The number of rotatable bonds is 8. The maximum atomic E-state index is 9.97. The minimum atomic E-state index is -0.409. The third-order valence-corrected chi connectivity index (χ3v) is 8.17. The van der Waals surface area contributed by atoms with Gasteiger partial charge < -0.3 is 10.4 Å². The Labute approximate surface area is 333 Å². The zero-order valence-electron chi connectivity index (χ0n) is 31.8. The number of aromatic nitrogens is 1. The normalized spacial score (nSPS) is 10.9. The van der Waals surface area contributed by atoms with Crippen LogP contribution < -0.4 is 0 Å². The molecule has 5 aromatic carbocycles. The van der Waals surface area contributed by atoms with Crippen LogP contribution in [-0.4, -0.2) is 10.1 Å². The molecule has 0 saturated heterocycles. The van der Waals surface area contributed by atoms with Crippen molar-refractivity contribution in [2.45, 2.75) is 71.4 Å². The predicted molar refractivity (Wildman–Crippen MR) is 218 cm³/mol. The molecular formula is C48H55N2OZr. The number of para-hydroxylation sites is 1. The summed E-state index contributed by atoms with van der Waals surface area (Å²) in [6.45, 7) is 20.6. The molecule has 52 heavy (non-hydrogen) atoms. The first kappa shape index (κ1) is 43.8. The number of hydrogen-bond acceptors (Lipinski definition) is 2. The smallest absolute Gasteiger partial charge is 0.674 e. The van der Waals surface area contributed by atoms with Crippen LogP contribution in [0.4, 0.5) is 5.69 Å². The Morgan fingerprint density at radius 1 is 0.577 bits per heavy atom. The van der Waals surface area contributed by atoms with Crippen molar-refractivity contribution < 1.29 is 31.3 Å². The summed E-state index contributed by atoms with van der Waals surface area (Å²) < 4.78 is 0. The van der Waals surface area contributed by atoms with E-state index >= 15 is 0 Å². The van der Waals surface area contributed by atoms with E-state index in [1.807, 2.05) is 140 Å². The minimum absolute atomic E-state index is 0. The van der Waals surface area contributed by atoms with E-state index in [1.165, 1.54) is 11.1 Å². The van der Waals surface area contributed by atoms with Gasteiger partial charge in [-0.25, -0.2) is 0 Å². The molecule has 0 saturated carbocycles. The van der Waals surface area contributed by atoms with Crippen molar-refractivity contribution in [2.75, 3.05) is 0 Å². The van der Waals surface area contributed by atoms with Gasteiger partial charge in [0.2, 0.25) is 0 Å². The van der Waals surface area contributed by atoms with E-state index in [2.05, 4.69) is 84.6 Å². The maximum absolute atomic E-state index is 9.97. The SMILES string of the molecule is CC(C)c1cccc(C(C)C)c1[N-]C(C)(C)c1ccccn1.OC(Cc1ccccc1)c1ccccc1.[CH2-]c1ccccc1.[CH2-]c1ccccc1.[Zr+3]. The molecule has 1 heterocycles. The topological polar surface area (TPSA) is 47.2 Å². The predicted octanol–water partition coefficient (Wildman–Crippen LogP) is 13.0. The Morgan fingerprint density at radius 3 is 1.38 bits per heavy atom. The standard InChI is InChI=1S/C20H27N2.C14H14O.2C7H7.Zr/c1-14(2)16-10-9-11-17(15(3)4)19(16)22-20(5,6)18-12-7-8-13-21-18;15-14(13-9-5-2-6-10-13)11-12-7-3-1-4-8-12;2*1-7-5-3-2-4-6-7;/h7-15H,1-6H3;1-10,14-15H,11H2;2*2-6H,1H2;/q-1;;2*-1;+3. The molecule has 3 nitrogen and oxygen atoms in total. The molecule has 1 N–H and O–H groups in total. The summed E-state index contributed by atoms with van der Waals surface area (Å²) in [7, 11) is 0. The van der Waals surface area contributed by atoms with Gasteiger partial charge in [-0.3, -0.25) is 4.98 Å². The van der Waals surface area contributed by atoms with Crippen molar-refractivity contribution in [3.63, 3.8) is 0 Å². The van der Waals surface area contributed by atoms with Gasteiger partial charge in [0.1, 0.15) is 0 Å². The Bertz CT molecular complexity index is 1710. The zero-order valence-corrected chi connectivity index (χ0v) is 34.2. The molecule has 0 aliphatic heterocycles. The fraction of sp³-hybridized carbons (Fsp3) is 0.229. The summed E-state index contributed by atoms with van der Waals surface area (Å²) in [5, 5.41) is 15.1. The summed E-state index contributed by atoms with van der Waals surface area (Å²) in [6.07, 6.45) is 2.10. The number of aliphatic hydroxyl groups excluding tert-OH is 1. The summed E-state index contributed by atoms with van der Waals surface area (Å²) in [4.78, 5) is 4.50. The fourth-order valence-corrected chi connectivity index (χ4v) is 5.29. The molecule has 0 aliphatic carbocycles. The van der Waals surface area contributed by atoms with Crippen molar-refractivity contribution in [2.24, 2.45) is 0 Å². The molecule has 4 heteroatoms. The van der Waals surface area contributed by atoms with Crippen LogP contribution in [0.3, 0.4) is 0 Å². The number of pyridine rings is 1. The van der Waals surface area contributed by atoms with Crippen LogP contribution in [-0.2, 0) is 38.2 Å². The van der Waals surface area contributed by atoms with E-state index < -0.39 is 6.10 Å². The van der Waals surface area contributed by atoms with E-state index in [0.29, 0.717) is 18.3 Å². The third-order valence-electron chi connectivity index (χ3n) is 8.17.